The first-order valence-electron chi connectivity index (χ1n) is 6.38. The van der Waals surface area contributed by atoms with Gasteiger partial charge >= 0.3 is 0 Å². The molecule has 0 fully saturated rings. The van der Waals surface area contributed by atoms with Gasteiger partial charge in [0.1, 0.15) is 5.75 Å². The van der Waals surface area contributed by atoms with Crippen LogP contribution < -0.4 is 10.1 Å². The third kappa shape index (κ3) is 4.29. The van der Waals surface area contributed by atoms with E-state index in [0.717, 1.165) is 10.6 Å². The number of hydrogen-bond acceptors (Lipinski definition) is 4. The van der Waals surface area contributed by atoms with Crippen LogP contribution in [-0.4, -0.2) is 23.8 Å². The average molecular weight is 357 g/mol. The quantitative estimate of drug-likeness (QED) is 0.804. The molecule has 0 spiro atoms. The monoisotopic (exact) mass is 356 g/mol. The van der Waals surface area contributed by atoms with Crippen LogP contribution in [0.25, 0.3) is 0 Å². The topological polar surface area (TPSA) is 51.2 Å². The number of amides is 1. The molecule has 4 nitrogen and oxygen atoms in total. The van der Waals surface area contributed by atoms with Crippen molar-refractivity contribution in [2.45, 2.75) is 11.8 Å². The Balaban J connectivity index is 1.97. The number of pyridine rings is 1. The molecule has 1 N–H and O–H groups in total. The lowest BCUT2D eigenvalue weighted by Gasteiger charge is -2.09. The lowest BCUT2D eigenvalue weighted by molar-refractivity contribution is -0.113. The summed E-state index contributed by atoms with van der Waals surface area (Å²) in [4.78, 5) is 17.0. The normalized spacial score (nSPS) is 10.4. The Morgan fingerprint density at radius 2 is 2.18 bits per heavy atom. The molecule has 7 heteroatoms. The number of carbonyl (C=O) groups excluding carboxylic acids is 1. The molecule has 22 heavy (non-hydrogen) atoms. The van der Waals surface area contributed by atoms with E-state index in [-0.39, 0.29) is 11.7 Å². The lowest BCUT2D eigenvalue weighted by Crippen LogP contribution is -2.15. The zero-order valence-corrected chi connectivity index (χ0v) is 14.4. The minimum absolute atomic E-state index is 0.191. The van der Waals surface area contributed by atoms with E-state index < -0.39 is 0 Å². The van der Waals surface area contributed by atoms with Crippen LogP contribution >= 0.6 is 35.0 Å². The summed E-state index contributed by atoms with van der Waals surface area (Å²) in [7, 11) is 1.60. The zero-order chi connectivity index (χ0) is 16.1. The van der Waals surface area contributed by atoms with Crippen LogP contribution in [0, 0.1) is 6.92 Å². The number of nitrogens with one attached hydrogen (secondary N) is 1. The Morgan fingerprint density at radius 1 is 1.41 bits per heavy atom. The minimum atomic E-state index is -0.191. The molecule has 0 bridgehead atoms. The fourth-order valence-corrected chi connectivity index (χ4v) is 2.79. The van der Waals surface area contributed by atoms with Crippen molar-refractivity contribution < 1.29 is 9.53 Å². The summed E-state index contributed by atoms with van der Waals surface area (Å²) in [6.07, 6.45) is 1.47. The maximum absolute atomic E-state index is 12.0. The maximum atomic E-state index is 12.0. The van der Waals surface area contributed by atoms with Crippen LogP contribution in [0.2, 0.25) is 10.0 Å². The van der Waals surface area contributed by atoms with Gasteiger partial charge < -0.3 is 10.1 Å². The van der Waals surface area contributed by atoms with E-state index in [2.05, 4.69) is 10.3 Å². The van der Waals surface area contributed by atoms with E-state index in [1.807, 2.05) is 24.3 Å². The van der Waals surface area contributed by atoms with Crippen LogP contribution in [0.5, 0.6) is 5.75 Å². The first-order chi connectivity index (χ1) is 10.5. The third-order valence-corrected chi connectivity index (χ3v) is 4.71. The number of hydrogen-bond donors (Lipinski definition) is 1. The molecule has 116 valence electrons. The van der Waals surface area contributed by atoms with E-state index >= 15 is 0 Å². The van der Waals surface area contributed by atoms with Gasteiger partial charge in [-0.1, -0.05) is 29.3 Å². The second kappa shape index (κ2) is 7.72. The van der Waals surface area contributed by atoms with Crippen molar-refractivity contribution in [2.24, 2.45) is 0 Å². The first kappa shape index (κ1) is 16.9. The summed E-state index contributed by atoms with van der Waals surface area (Å²) >= 11 is 13.4. The average Bonchev–Trinajstić information content (AvgIpc) is 2.54. The molecule has 0 atom stereocenters. The van der Waals surface area contributed by atoms with Crippen molar-refractivity contribution in [1.29, 1.82) is 0 Å². The first-order valence-corrected chi connectivity index (χ1v) is 8.12. The highest BCUT2D eigenvalue weighted by atomic mass is 35.5. The molecule has 0 aliphatic rings. The van der Waals surface area contributed by atoms with E-state index in [1.165, 1.54) is 18.0 Å². The number of halogens is 2. The van der Waals surface area contributed by atoms with Gasteiger partial charge in [-0.05, 0) is 30.7 Å². The molecule has 2 aromatic rings. The van der Waals surface area contributed by atoms with Crippen molar-refractivity contribution in [3.8, 4) is 5.75 Å². The van der Waals surface area contributed by atoms with Crippen LogP contribution in [0.1, 0.15) is 5.56 Å². The lowest BCUT2D eigenvalue weighted by atomic mass is 10.3. The van der Waals surface area contributed by atoms with Crippen LogP contribution in [-0.2, 0) is 4.79 Å². The van der Waals surface area contributed by atoms with Crippen molar-refractivity contribution in [1.82, 2.24) is 4.98 Å². The summed E-state index contributed by atoms with van der Waals surface area (Å²) in [6, 6.07) is 7.51. The van der Waals surface area contributed by atoms with Crippen molar-refractivity contribution in [3.63, 3.8) is 0 Å². The Bertz CT molecular complexity index is 695. The largest absolute Gasteiger partial charge is 0.497 e. The van der Waals surface area contributed by atoms with E-state index in [9.17, 15) is 4.79 Å². The van der Waals surface area contributed by atoms with E-state index in [4.69, 9.17) is 27.9 Å². The molecular weight excluding hydrogens is 343 g/mol. The van der Waals surface area contributed by atoms with Gasteiger partial charge in [-0.2, -0.15) is 0 Å². The van der Waals surface area contributed by atoms with E-state index in [0.29, 0.717) is 21.4 Å². The molecule has 0 radical (unpaired) electrons. The number of rotatable bonds is 5. The molecule has 1 aromatic heterocycles. The number of thioether (sulfide) groups is 1. The van der Waals surface area contributed by atoms with Crippen molar-refractivity contribution in [3.05, 3.63) is 46.1 Å². The fourth-order valence-electron chi connectivity index (χ4n) is 1.65. The second-order valence-electron chi connectivity index (χ2n) is 4.41. The molecular formula is C15H14Cl2N2O2S. The standard InChI is InChI=1S/C15H14Cl2N2O2S/c1-9-12(16)7-18-15(14(9)17)19-13(20)8-22-11-5-3-4-10(6-11)21-2/h3-7H,8H2,1-2H3,(H,18,19,20). The van der Waals surface area contributed by atoms with Gasteiger partial charge in [0.15, 0.2) is 5.82 Å². The summed E-state index contributed by atoms with van der Waals surface area (Å²) < 4.78 is 5.14. The molecule has 0 saturated heterocycles. The van der Waals surface area contributed by atoms with Gasteiger partial charge in [0.05, 0.1) is 22.9 Å². The van der Waals surface area contributed by atoms with Crippen molar-refractivity contribution >= 4 is 46.7 Å². The molecule has 0 unspecified atom stereocenters. The fraction of sp³-hybridized carbons (Fsp3) is 0.200. The summed E-state index contributed by atoms with van der Waals surface area (Å²) in [6.45, 7) is 1.77. The Labute approximate surface area is 143 Å². The Morgan fingerprint density at radius 3 is 2.91 bits per heavy atom. The highest BCUT2D eigenvalue weighted by molar-refractivity contribution is 8.00. The van der Waals surface area contributed by atoms with Gasteiger partial charge in [0.25, 0.3) is 0 Å². The number of methoxy groups -OCH3 is 1. The summed E-state index contributed by atoms with van der Waals surface area (Å²) in [5, 5.41) is 3.50. The van der Waals surface area contributed by atoms with Gasteiger partial charge in [0, 0.05) is 11.1 Å². The Kier molecular flexibility index (Phi) is 5.94. The maximum Gasteiger partial charge on any atom is 0.235 e. The number of nitrogens with zero attached hydrogens (tertiary/aromatic N) is 1. The molecule has 1 amide bonds. The second-order valence-corrected chi connectivity index (χ2v) is 6.24. The number of anilines is 1. The van der Waals surface area contributed by atoms with Gasteiger partial charge in [-0.15, -0.1) is 11.8 Å². The number of benzene rings is 1. The van der Waals surface area contributed by atoms with Crippen LogP contribution in [0.15, 0.2) is 35.4 Å². The SMILES string of the molecule is COc1cccc(SCC(=O)Nc2ncc(Cl)c(C)c2Cl)c1. The number of aromatic nitrogens is 1. The van der Waals surface area contributed by atoms with Crippen molar-refractivity contribution in [2.75, 3.05) is 18.2 Å². The molecule has 1 aromatic carbocycles. The number of carbonyl (C=O) groups is 1. The van der Waals surface area contributed by atoms with Gasteiger partial charge in [-0.25, -0.2) is 4.98 Å². The highest BCUT2D eigenvalue weighted by Crippen LogP contribution is 2.29. The molecule has 0 saturated carbocycles. The minimum Gasteiger partial charge on any atom is -0.497 e. The Hall–Kier alpha value is -1.43. The smallest absolute Gasteiger partial charge is 0.235 e. The number of ether oxygens (including phenoxy) is 1. The van der Waals surface area contributed by atoms with Gasteiger partial charge in [-0.3, -0.25) is 4.79 Å². The van der Waals surface area contributed by atoms with E-state index in [1.54, 1.807) is 14.0 Å². The van der Waals surface area contributed by atoms with Crippen LogP contribution in [0.4, 0.5) is 5.82 Å². The molecule has 1 heterocycles. The predicted octanol–water partition coefficient (Wildman–Crippen LogP) is 4.44. The zero-order valence-electron chi connectivity index (χ0n) is 12.0. The van der Waals surface area contributed by atoms with Gasteiger partial charge in [0.2, 0.25) is 5.91 Å². The molecule has 0 aliphatic heterocycles. The third-order valence-electron chi connectivity index (χ3n) is 2.87. The highest BCUT2D eigenvalue weighted by Gasteiger charge is 2.12. The predicted molar refractivity (Wildman–Crippen MR) is 91.3 cm³/mol. The summed E-state index contributed by atoms with van der Waals surface area (Å²) in [5.41, 5.74) is 0.689. The van der Waals surface area contributed by atoms with Crippen LogP contribution in [0.3, 0.4) is 0 Å². The molecule has 2 rings (SSSR count). The summed E-state index contributed by atoms with van der Waals surface area (Å²) in [5.74, 6) is 1.12. The molecule has 0 aliphatic carbocycles.